The van der Waals surface area contributed by atoms with Gasteiger partial charge in [-0.1, -0.05) is 42.1 Å². The molecule has 31 heavy (non-hydrogen) atoms. The number of carbonyl (C=O) groups is 1. The molecule has 3 aromatic rings. The summed E-state index contributed by atoms with van der Waals surface area (Å²) in [7, 11) is 0. The number of aromatic hydroxyl groups is 1. The second-order valence-corrected chi connectivity index (χ2v) is 9.41. The Morgan fingerprint density at radius 3 is 2.94 bits per heavy atom. The normalized spacial score (nSPS) is 15.1. The largest absolute Gasteiger partial charge is 0.493 e. The highest BCUT2D eigenvalue weighted by Crippen LogP contribution is 2.42. The van der Waals surface area contributed by atoms with Crippen LogP contribution >= 0.6 is 23.1 Å². The molecule has 7 nitrogen and oxygen atoms in total. The molecular formula is C22H20N4O3S2. The first-order valence-corrected chi connectivity index (χ1v) is 11.7. The summed E-state index contributed by atoms with van der Waals surface area (Å²) < 4.78 is 0. The van der Waals surface area contributed by atoms with E-state index in [1.807, 2.05) is 18.2 Å². The molecule has 0 saturated carbocycles. The Bertz CT molecular complexity index is 1200. The minimum atomic E-state index is -0.448. The summed E-state index contributed by atoms with van der Waals surface area (Å²) in [6.45, 7) is 0. The van der Waals surface area contributed by atoms with Gasteiger partial charge in [0.2, 0.25) is 11.8 Å². The van der Waals surface area contributed by atoms with Gasteiger partial charge in [-0.2, -0.15) is 10.2 Å². The van der Waals surface area contributed by atoms with Gasteiger partial charge in [-0.15, -0.1) is 11.3 Å². The first kappa shape index (κ1) is 21.2. The number of thiophene rings is 1. The summed E-state index contributed by atoms with van der Waals surface area (Å²) in [5.41, 5.74) is 2.50. The van der Waals surface area contributed by atoms with Crippen molar-refractivity contribution in [2.24, 2.45) is 0 Å². The van der Waals surface area contributed by atoms with Gasteiger partial charge in [-0.05, 0) is 36.3 Å². The monoisotopic (exact) mass is 452 g/mol. The molecule has 1 atom stereocenters. The Hall–Kier alpha value is -3.09. The molecule has 1 aliphatic carbocycles. The third kappa shape index (κ3) is 4.98. The molecule has 158 valence electrons. The Labute approximate surface area is 187 Å². The third-order valence-corrected chi connectivity index (χ3v) is 7.22. The van der Waals surface area contributed by atoms with Gasteiger partial charge in [0.1, 0.15) is 11.1 Å². The van der Waals surface area contributed by atoms with Gasteiger partial charge in [-0.3, -0.25) is 9.59 Å². The van der Waals surface area contributed by atoms with E-state index in [-0.39, 0.29) is 23.4 Å². The van der Waals surface area contributed by atoms with E-state index in [9.17, 15) is 20.0 Å². The molecule has 9 heteroatoms. The van der Waals surface area contributed by atoms with Crippen molar-refractivity contribution < 1.29 is 9.90 Å². The van der Waals surface area contributed by atoms with Crippen LogP contribution in [0.1, 0.15) is 40.3 Å². The highest BCUT2D eigenvalue weighted by molar-refractivity contribution is 7.99. The maximum atomic E-state index is 12.4. The molecule has 3 N–H and O–H groups in total. The molecule has 2 heterocycles. The van der Waals surface area contributed by atoms with Gasteiger partial charge in [0.05, 0.1) is 11.6 Å². The van der Waals surface area contributed by atoms with Crippen LogP contribution in [0, 0.1) is 11.3 Å². The number of rotatable bonds is 6. The number of fused-ring (bicyclic) bond motifs is 1. The van der Waals surface area contributed by atoms with E-state index < -0.39 is 5.56 Å². The van der Waals surface area contributed by atoms with Gasteiger partial charge >= 0.3 is 0 Å². The fraction of sp³-hybridized carbons (Fsp3) is 0.273. The molecule has 0 spiro atoms. The number of anilines is 1. The van der Waals surface area contributed by atoms with E-state index in [1.54, 1.807) is 0 Å². The second kappa shape index (κ2) is 9.37. The molecule has 1 aliphatic rings. The summed E-state index contributed by atoms with van der Waals surface area (Å²) in [4.78, 5) is 31.3. The van der Waals surface area contributed by atoms with E-state index in [0.717, 1.165) is 30.9 Å². The fourth-order valence-corrected chi connectivity index (χ4v) is 5.83. The van der Waals surface area contributed by atoms with Crippen LogP contribution in [0.4, 0.5) is 5.00 Å². The molecule has 2 aromatic heterocycles. The molecule has 0 aliphatic heterocycles. The first-order chi connectivity index (χ1) is 15.0. The number of nitrogens with zero attached hydrogens (tertiary/aromatic N) is 2. The Balaban J connectivity index is 1.40. The number of amides is 1. The molecule has 1 aromatic carbocycles. The molecule has 1 unspecified atom stereocenters. The second-order valence-electron chi connectivity index (χ2n) is 7.23. The predicted molar refractivity (Wildman–Crippen MR) is 121 cm³/mol. The zero-order valence-corrected chi connectivity index (χ0v) is 18.2. The summed E-state index contributed by atoms with van der Waals surface area (Å²) >= 11 is 2.67. The van der Waals surface area contributed by atoms with Crippen LogP contribution in [-0.4, -0.2) is 26.7 Å². The number of thioether (sulfide) groups is 1. The molecule has 0 fully saturated rings. The topological polar surface area (TPSA) is 119 Å². The van der Waals surface area contributed by atoms with Crippen molar-refractivity contribution in [2.45, 2.75) is 36.8 Å². The molecule has 0 saturated heterocycles. The molecule has 0 bridgehead atoms. The van der Waals surface area contributed by atoms with Crippen molar-refractivity contribution in [1.29, 1.82) is 5.26 Å². The van der Waals surface area contributed by atoms with Crippen molar-refractivity contribution in [3.63, 3.8) is 0 Å². The Morgan fingerprint density at radius 1 is 1.39 bits per heavy atom. The van der Waals surface area contributed by atoms with E-state index in [0.29, 0.717) is 22.2 Å². The number of nitriles is 1. The van der Waals surface area contributed by atoms with Crippen molar-refractivity contribution in [3.05, 3.63) is 68.3 Å². The lowest BCUT2D eigenvalue weighted by atomic mass is 9.83. The highest BCUT2D eigenvalue weighted by atomic mass is 32.2. The van der Waals surface area contributed by atoms with Gasteiger partial charge in [0, 0.05) is 17.1 Å². The zero-order chi connectivity index (χ0) is 21.8. The van der Waals surface area contributed by atoms with Crippen LogP contribution in [0.3, 0.4) is 0 Å². The van der Waals surface area contributed by atoms with Crippen molar-refractivity contribution >= 4 is 34.0 Å². The molecular weight excluding hydrogens is 432 g/mol. The number of hydrogen-bond acceptors (Lipinski definition) is 7. The molecule has 4 rings (SSSR count). The first-order valence-electron chi connectivity index (χ1n) is 9.86. The minimum Gasteiger partial charge on any atom is -0.493 e. The lowest BCUT2D eigenvalue weighted by Gasteiger charge is -2.22. The van der Waals surface area contributed by atoms with Crippen LogP contribution in [0.15, 0.2) is 46.3 Å². The number of nitrogens with one attached hydrogen (secondary N) is 2. The molecule has 0 radical (unpaired) electrons. The number of carbonyl (C=O) groups excluding carboxylic acids is 1. The maximum Gasteiger partial charge on any atom is 0.255 e. The highest BCUT2D eigenvalue weighted by Gasteiger charge is 2.27. The summed E-state index contributed by atoms with van der Waals surface area (Å²) in [5, 5.41) is 22.8. The van der Waals surface area contributed by atoms with Gasteiger partial charge in [0.15, 0.2) is 5.16 Å². The van der Waals surface area contributed by atoms with Gasteiger partial charge in [-0.25, -0.2) is 0 Å². The third-order valence-electron chi connectivity index (χ3n) is 5.18. The average molecular weight is 453 g/mol. The van der Waals surface area contributed by atoms with Crippen molar-refractivity contribution in [2.75, 3.05) is 11.1 Å². The van der Waals surface area contributed by atoms with Crippen LogP contribution < -0.4 is 10.9 Å². The van der Waals surface area contributed by atoms with Gasteiger partial charge in [0.25, 0.3) is 5.56 Å². The quantitative estimate of drug-likeness (QED) is 0.387. The maximum absolute atomic E-state index is 12.4. The number of aromatic nitrogens is 2. The van der Waals surface area contributed by atoms with Crippen LogP contribution in [-0.2, 0) is 17.6 Å². The van der Waals surface area contributed by atoms with E-state index in [1.165, 1.54) is 33.5 Å². The van der Waals surface area contributed by atoms with E-state index in [4.69, 9.17) is 0 Å². The zero-order valence-electron chi connectivity index (χ0n) is 16.6. The predicted octanol–water partition coefficient (Wildman–Crippen LogP) is 3.80. The smallest absolute Gasteiger partial charge is 0.255 e. The summed E-state index contributed by atoms with van der Waals surface area (Å²) in [6, 6.07) is 13.6. The number of benzene rings is 1. The summed E-state index contributed by atoms with van der Waals surface area (Å²) in [5.74, 6) is 0.245. The standard InChI is InChI=1S/C22H20N4O3S2/c23-12-16-15-7-6-14(13-4-2-1-3-5-13)10-17(15)31-21(16)24-18(27)8-9-30-22-25-19(28)11-20(29)26-22/h1-5,11,14H,6-10H2,(H,24,27)(H2,25,26,28,29). The minimum absolute atomic E-state index is 0.185. The van der Waals surface area contributed by atoms with Crippen molar-refractivity contribution in [1.82, 2.24) is 9.97 Å². The molecule has 1 amide bonds. The SMILES string of the molecule is N#Cc1c(NC(=O)CCSc2nc(O)cc(=O)[nH]2)sc2c1CCC(c1ccccc1)C2. The number of H-pyrrole nitrogens is 1. The summed E-state index contributed by atoms with van der Waals surface area (Å²) in [6.07, 6.45) is 2.88. The Kier molecular flexibility index (Phi) is 6.39. The fourth-order valence-electron chi connectivity index (χ4n) is 3.72. The van der Waals surface area contributed by atoms with Crippen LogP contribution in [0.5, 0.6) is 5.88 Å². The lowest BCUT2D eigenvalue weighted by Crippen LogP contribution is -2.13. The van der Waals surface area contributed by atoms with Gasteiger partial charge < -0.3 is 15.4 Å². The van der Waals surface area contributed by atoms with E-state index in [2.05, 4.69) is 33.5 Å². The lowest BCUT2D eigenvalue weighted by molar-refractivity contribution is -0.115. The van der Waals surface area contributed by atoms with E-state index >= 15 is 0 Å². The number of aromatic amines is 1. The van der Waals surface area contributed by atoms with Crippen molar-refractivity contribution in [3.8, 4) is 11.9 Å². The van der Waals surface area contributed by atoms with Crippen LogP contribution in [0.25, 0.3) is 0 Å². The average Bonchev–Trinajstić information content (AvgIpc) is 3.09. The Morgan fingerprint density at radius 2 is 2.19 bits per heavy atom. The number of hydrogen-bond donors (Lipinski definition) is 3. The van der Waals surface area contributed by atoms with Crippen LogP contribution in [0.2, 0.25) is 0 Å².